The summed E-state index contributed by atoms with van der Waals surface area (Å²) < 4.78 is 9.99. The Morgan fingerprint density at radius 3 is 2.62 bits per heavy atom. The second-order valence-corrected chi connectivity index (χ2v) is 4.97. The van der Waals surface area contributed by atoms with Crippen molar-refractivity contribution >= 4 is 5.97 Å². The maximum Gasteiger partial charge on any atom is 0.373 e. The van der Waals surface area contributed by atoms with Crippen LogP contribution >= 0.6 is 0 Å². The standard InChI is InChI=1S/C16H19NO4/c1-16(11-18,12-6-4-3-5-7-12)17-10-13-8-9-14(21-13)15(19)20-2/h3-9,17-18H,10-11H2,1-2H3. The largest absolute Gasteiger partial charge is 0.463 e. The van der Waals surface area contributed by atoms with E-state index >= 15 is 0 Å². The van der Waals surface area contributed by atoms with Crippen LogP contribution in [0.3, 0.4) is 0 Å². The molecule has 0 aliphatic carbocycles. The van der Waals surface area contributed by atoms with Crippen LogP contribution in [0.1, 0.15) is 28.8 Å². The van der Waals surface area contributed by atoms with Crippen LogP contribution in [0.15, 0.2) is 46.9 Å². The Balaban J connectivity index is 2.07. The number of carbonyl (C=O) groups excluding carboxylic acids is 1. The maximum atomic E-state index is 11.3. The van der Waals surface area contributed by atoms with Crippen molar-refractivity contribution in [1.82, 2.24) is 5.32 Å². The summed E-state index contributed by atoms with van der Waals surface area (Å²) in [6.45, 7) is 2.25. The monoisotopic (exact) mass is 289 g/mol. The van der Waals surface area contributed by atoms with Crippen LogP contribution in [0, 0.1) is 0 Å². The third-order valence-corrected chi connectivity index (χ3v) is 3.43. The molecule has 1 atom stereocenters. The number of aliphatic hydroxyl groups excluding tert-OH is 1. The Hall–Kier alpha value is -2.11. The summed E-state index contributed by atoms with van der Waals surface area (Å²) in [6, 6.07) is 13.0. The molecule has 0 aliphatic rings. The third-order valence-electron chi connectivity index (χ3n) is 3.43. The van der Waals surface area contributed by atoms with Gasteiger partial charge in [0.05, 0.1) is 25.8 Å². The summed E-state index contributed by atoms with van der Waals surface area (Å²) >= 11 is 0. The first-order chi connectivity index (χ1) is 10.1. The molecule has 0 bridgehead atoms. The Labute approximate surface area is 123 Å². The molecule has 112 valence electrons. The van der Waals surface area contributed by atoms with Crippen LogP contribution < -0.4 is 5.32 Å². The molecule has 2 aromatic rings. The highest BCUT2D eigenvalue weighted by molar-refractivity contribution is 5.86. The maximum absolute atomic E-state index is 11.3. The van der Waals surface area contributed by atoms with Gasteiger partial charge in [-0.05, 0) is 24.6 Å². The zero-order valence-electron chi connectivity index (χ0n) is 12.1. The van der Waals surface area contributed by atoms with Crippen molar-refractivity contribution < 1.29 is 19.1 Å². The van der Waals surface area contributed by atoms with Gasteiger partial charge in [0.15, 0.2) is 0 Å². The molecular weight excluding hydrogens is 270 g/mol. The van der Waals surface area contributed by atoms with Crippen molar-refractivity contribution in [3.05, 3.63) is 59.5 Å². The van der Waals surface area contributed by atoms with Crippen LogP contribution in [-0.4, -0.2) is 24.8 Å². The van der Waals surface area contributed by atoms with Gasteiger partial charge in [-0.2, -0.15) is 0 Å². The van der Waals surface area contributed by atoms with Crippen LogP contribution in [0.25, 0.3) is 0 Å². The lowest BCUT2D eigenvalue weighted by Gasteiger charge is -2.29. The molecular formula is C16H19NO4. The van der Waals surface area contributed by atoms with Crippen molar-refractivity contribution in [2.45, 2.75) is 19.0 Å². The number of methoxy groups -OCH3 is 1. The second-order valence-electron chi connectivity index (χ2n) is 4.97. The minimum Gasteiger partial charge on any atom is -0.463 e. The second kappa shape index (κ2) is 6.56. The van der Waals surface area contributed by atoms with Crippen molar-refractivity contribution in [3.63, 3.8) is 0 Å². The van der Waals surface area contributed by atoms with E-state index in [9.17, 15) is 9.90 Å². The minimum absolute atomic E-state index is 0.0540. The van der Waals surface area contributed by atoms with Crippen LogP contribution in [0.4, 0.5) is 0 Å². The van der Waals surface area contributed by atoms with Gasteiger partial charge in [-0.1, -0.05) is 30.3 Å². The van der Waals surface area contributed by atoms with E-state index in [0.717, 1.165) is 5.56 Å². The predicted molar refractivity (Wildman–Crippen MR) is 77.8 cm³/mol. The van der Waals surface area contributed by atoms with Crippen molar-refractivity contribution in [2.24, 2.45) is 0 Å². The van der Waals surface area contributed by atoms with Crippen LogP contribution in [-0.2, 0) is 16.8 Å². The molecule has 0 saturated carbocycles. The molecule has 0 saturated heterocycles. The lowest BCUT2D eigenvalue weighted by molar-refractivity contribution is 0.0562. The van der Waals surface area contributed by atoms with Gasteiger partial charge in [-0.25, -0.2) is 4.79 Å². The van der Waals surface area contributed by atoms with Crippen molar-refractivity contribution in [3.8, 4) is 0 Å². The summed E-state index contributed by atoms with van der Waals surface area (Å²) in [5.41, 5.74) is 0.395. The summed E-state index contributed by atoms with van der Waals surface area (Å²) in [6.07, 6.45) is 0. The molecule has 0 amide bonds. The van der Waals surface area contributed by atoms with Gasteiger partial charge in [-0.3, -0.25) is 5.32 Å². The zero-order chi connectivity index (χ0) is 15.3. The van der Waals surface area contributed by atoms with E-state index in [1.54, 1.807) is 12.1 Å². The molecule has 21 heavy (non-hydrogen) atoms. The van der Waals surface area contributed by atoms with E-state index in [2.05, 4.69) is 10.1 Å². The van der Waals surface area contributed by atoms with Gasteiger partial charge in [0.1, 0.15) is 5.76 Å². The number of furan rings is 1. The van der Waals surface area contributed by atoms with Gasteiger partial charge in [0.2, 0.25) is 5.76 Å². The number of benzene rings is 1. The van der Waals surface area contributed by atoms with E-state index < -0.39 is 11.5 Å². The highest BCUT2D eigenvalue weighted by atomic mass is 16.5. The SMILES string of the molecule is COC(=O)c1ccc(CNC(C)(CO)c2ccccc2)o1. The smallest absolute Gasteiger partial charge is 0.373 e. The average Bonchev–Trinajstić information content (AvgIpc) is 3.01. The number of aliphatic hydroxyl groups is 1. The molecule has 1 heterocycles. The Kier molecular flexibility index (Phi) is 4.77. The normalized spacial score (nSPS) is 13.7. The number of hydrogen-bond acceptors (Lipinski definition) is 5. The lowest BCUT2D eigenvalue weighted by atomic mass is 9.93. The van der Waals surface area contributed by atoms with Gasteiger partial charge in [0, 0.05) is 0 Å². The molecule has 1 aromatic carbocycles. The van der Waals surface area contributed by atoms with E-state index in [1.807, 2.05) is 37.3 Å². The van der Waals surface area contributed by atoms with Crippen molar-refractivity contribution in [1.29, 1.82) is 0 Å². The molecule has 0 spiro atoms. The van der Waals surface area contributed by atoms with Gasteiger partial charge in [0.25, 0.3) is 0 Å². The zero-order valence-corrected chi connectivity index (χ0v) is 12.1. The highest BCUT2D eigenvalue weighted by Gasteiger charge is 2.25. The quantitative estimate of drug-likeness (QED) is 0.796. The molecule has 0 radical (unpaired) electrons. The number of ether oxygens (including phenoxy) is 1. The molecule has 0 aliphatic heterocycles. The Morgan fingerprint density at radius 1 is 1.29 bits per heavy atom. The molecule has 1 aromatic heterocycles. The van der Waals surface area contributed by atoms with E-state index in [-0.39, 0.29) is 12.4 Å². The highest BCUT2D eigenvalue weighted by Crippen LogP contribution is 2.21. The Morgan fingerprint density at radius 2 is 2.00 bits per heavy atom. The van der Waals surface area contributed by atoms with Gasteiger partial charge >= 0.3 is 5.97 Å². The number of esters is 1. The topological polar surface area (TPSA) is 71.7 Å². The summed E-state index contributed by atoms with van der Waals surface area (Å²) in [5.74, 6) is 0.264. The summed E-state index contributed by atoms with van der Waals surface area (Å²) in [5, 5.41) is 12.9. The average molecular weight is 289 g/mol. The summed E-state index contributed by atoms with van der Waals surface area (Å²) in [7, 11) is 1.31. The van der Waals surface area contributed by atoms with Crippen LogP contribution in [0.2, 0.25) is 0 Å². The Bertz CT molecular complexity index is 593. The predicted octanol–water partition coefficient (Wildman–Crippen LogP) is 2.06. The molecule has 5 heteroatoms. The fourth-order valence-corrected chi connectivity index (χ4v) is 2.02. The summed E-state index contributed by atoms with van der Waals surface area (Å²) in [4.78, 5) is 11.3. The van der Waals surface area contributed by atoms with Gasteiger partial charge < -0.3 is 14.3 Å². The number of carbonyl (C=O) groups is 1. The molecule has 2 N–H and O–H groups in total. The van der Waals surface area contributed by atoms with Gasteiger partial charge in [-0.15, -0.1) is 0 Å². The molecule has 1 unspecified atom stereocenters. The molecule has 5 nitrogen and oxygen atoms in total. The number of rotatable bonds is 6. The first-order valence-electron chi connectivity index (χ1n) is 6.67. The van der Waals surface area contributed by atoms with E-state index in [0.29, 0.717) is 12.3 Å². The fourth-order valence-electron chi connectivity index (χ4n) is 2.02. The van der Waals surface area contributed by atoms with E-state index in [1.165, 1.54) is 7.11 Å². The third kappa shape index (κ3) is 3.51. The number of hydrogen-bond donors (Lipinski definition) is 2. The molecule has 2 rings (SSSR count). The molecule has 0 fully saturated rings. The first kappa shape index (κ1) is 15.3. The fraction of sp³-hybridized carbons (Fsp3) is 0.312. The van der Waals surface area contributed by atoms with E-state index in [4.69, 9.17) is 4.42 Å². The van der Waals surface area contributed by atoms with Crippen molar-refractivity contribution in [2.75, 3.05) is 13.7 Å². The lowest BCUT2D eigenvalue weighted by Crippen LogP contribution is -2.42. The van der Waals surface area contributed by atoms with Crippen LogP contribution in [0.5, 0.6) is 0 Å². The number of nitrogens with one attached hydrogen (secondary N) is 1. The minimum atomic E-state index is -0.584. The first-order valence-corrected chi connectivity index (χ1v) is 6.67.